The third-order valence-corrected chi connectivity index (χ3v) is 4.46. The number of hydrogen-bond donors (Lipinski definition) is 2. The lowest BCUT2D eigenvalue weighted by molar-refractivity contribution is 0.0508. The molecule has 0 aliphatic carbocycles. The van der Waals surface area contributed by atoms with Crippen molar-refractivity contribution in [1.29, 1.82) is 0 Å². The topological polar surface area (TPSA) is 50.4 Å². The third kappa shape index (κ3) is 3.90. The molecule has 1 aliphatic rings. The molecule has 2 amide bonds. The summed E-state index contributed by atoms with van der Waals surface area (Å²) in [7, 11) is 0. The van der Waals surface area contributed by atoms with E-state index in [-0.39, 0.29) is 11.4 Å². The van der Waals surface area contributed by atoms with Gasteiger partial charge < -0.3 is 15.4 Å². The zero-order valence-corrected chi connectivity index (χ0v) is 13.1. The molecule has 0 saturated carbocycles. The molecule has 3 rings (SSSR count). The molecule has 4 heteroatoms. The van der Waals surface area contributed by atoms with Crippen molar-refractivity contribution < 1.29 is 9.53 Å². The third-order valence-electron chi connectivity index (χ3n) is 4.46. The fraction of sp³-hybridized carbons (Fsp3) is 0.316. The summed E-state index contributed by atoms with van der Waals surface area (Å²) in [6.45, 7) is 2.08. The molecule has 4 nitrogen and oxygen atoms in total. The predicted molar refractivity (Wildman–Crippen MR) is 91.6 cm³/mol. The highest BCUT2D eigenvalue weighted by molar-refractivity contribution is 5.89. The molecule has 0 spiro atoms. The fourth-order valence-electron chi connectivity index (χ4n) is 3.07. The molecule has 0 bridgehead atoms. The van der Waals surface area contributed by atoms with Gasteiger partial charge in [-0.05, 0) is 30.5 Å². The first kappa shape index (κ1) is 15.6. The van der Waals surface area contributed by atoms with E-state index in [2.05, 4.69) is 34.9 Å². The standard InChI is InChI=1S/C19H22N2O2/c22-18(21-17-9-5-2-6-10-17)20-15-19(11-13-23-14-12-19)16-7-3-1-4-8-16/h1-10H,11-15H2,(H2,20,21,22). The molecular formula is C19H22N2O2. The number of carbonyl (C=O) groups excluding carboxylic acids is 1. The maximum Gasteiger partial charge on any atom is 0.319 e. The molecule has 1 heterocycles. The lowest BCUT2D eigenvalue weighted by Crippen LogP contribution is -2.45. The Labute approximate surface area is 136 Å². The molecule has 1 aliphatic heterocycles. The Morgan fingerprint density at radius 1 is 0.957 bits per heavy atom. The van der Waals surface area contributed by atoms with E-state index in [0.717, 1.165) is 31.7 Å². The Kier molecular flexibility index (Phi) is 4.93. The van der Waals surface area contributed by atoms with Crippen LogP contribution in [-0.4, -0.2) is 25.8 Å². The maximum absolute atomic E-state index is 12.2. The summed E-state index contributed by atoms with van der Waals surface area (Å²) < 4.78 is 5.52. The Bertz CT molecular complexity index is 622. The molecule has 0 radical (unpaired) electrons. The molecule has 0 atom stereocenters. The van der Waals surface area contributed by atoms with Gasteiger partial charge in [0.2, 0.25) is 0 Å². The number of rotatable bonds is 4. The van der Waals surface area contributed by atoms with E-state index >= 15 is 0 Å². The molecule has 1 fully saturated rings. The van der Waals surface area contributed by atoms with Gasteiger partial charge in [-0.15, -0.1) is 0 Å². The van der Waals surface area contributed by atoms with Gasteiger partial charge in [0.05, 0.1) is 0 Å². The minimum absolute atomic E-state index is 0.0481. The first-order chi connectivity index (χ1) is 11.3. The Morgan fingerprint density at radius 3 is 2.22 bits per heavy atom. The van der Waals surface area contributed by atoms with Gasteiger partial charge in [-0.3, -0.25) is 0 Å². The first-order valence-electron chi connectivity index (χ1n) is 8.02. The van der Waals surface area contributed by atoms with Crippen molar-refractivity contribution >= 4 is 11.7 Å². The summed E-state index contributed by atoms with van der Waals surface area (Å²) in [6, 6.07) is 19.7. The number of para-hydroxylation sites is 1. The smallest absolute Gasteiger partial charge is 0.319 e. The average molecular weight is 310 g/mol. The second kappa shape index (κ2) is 7.29. The van der Waals surface area contributed by atoms with Gasteiger partial charge in [-0.1, -0.05) is 48.5 Å². The summed E-state index contributed by atoms with van der Waals surface area (Å²) in [6.07, 6.45) is 1.84. The van der Waals surface area contributed by atoms with Crippen molar-refractivity contribution in [3.8, 4) is 0 Å². The lowest BCUT2D eigenvalue weighted by atomic mass is 9.74. The van der Waals surface area contributed by atoms with E-state index in [1.165, 1.54) is 5.56 Å². The normalized spacial score (nSPS) is 16.5. The number of hydrogen-bond acceptors (Lipinski definition) is 2. The number of nitrogens with one attached hydrogen (secondary N) is 2. The highest BCUT2D eigenvalue weighted by Gasteiger charge is 2.34. The number of urea groups is 1. The largest absolute Gasteiger partial charge is 0.381 e. The van der Waals surface area contributed by atoms with Crippen LogP contribution in [0.25, 0.3) is 0 Å². The number of benzene rings is 2. The van der Waals surface area contributed by atoms with Crippen molar-refractivity contribution in [2.24, 2.45) is 0 Å². The van der Waals surface area contributed by atoms with Crippen LogP contribution >= 0.6 is 0 Å². The van der Waals surface area contributed by atoms with Crippen LogP contribution in [0.3, 0.4) is 0 Å². The van der Waals surface area contributed by atoms with Crippen LogP contribution in [0.4, 0.5) is 10.5 Å². The Morgan fingerprint density at radius 2 is 1.57 bits per heavy atom. The number of anilines is 1. The highest BCUT2D eigenvalue weighted by atomic mass is 16.5. The van der Waals surface area contributed by atoms with Gasteiger partial charge in [0.15, 0.2) is 0 Å². The molecule has 120 valence electrons. The van der Waals surface area contributed by atoms with Gasteiger partial charge >= 0.3 is 6.03 Å². The minimum Gasteiger partial charge on any atom is -0.381 e. The maximum atomic E-state index is 12.2. The summed E-state index contributed by atoms with van der Waals surface area (Å²) >= 11 is 0. The number of carbonyl (C=O) groups is 1. The number of amides is 2. The first-order valence-corrected chi connectivity index (χ1v) is 8.02. The van der Waals surface area contributed by atoms with Gasteiger partial charge in [-0.2, -0.15) is 0 Å². The zero-order chi connectivity index (χ0) is 16.0. The molecule has 0 aromatic heterocycles. The molecule has 2 N–H and O–H groups in total. The van der Waals surface area contributed by atoms with Crippen molar-refractivity contribution in [2.45, 2.75) is 18.3 Å². The van der Waals surface area contributed by atoms with Crippen LogP contribution in [0, 0.1) is 0 Å². The van der Waals surface area contributed by atoms with Crippen LogP contribution in [-0.2, 0) is 10.2 Å². The minimum atomic E-state index is -0.169. The summed E-state index contributed by atoms with van der Waals surface area (Å²) in [5, 5.41) is 5.90. The van der Waals surface area contributed by atoms with Crippen LogP contribution in [0.1, 0.15) is 18.4 Å². The average Bonchev–Trinajstić information content (AvgIpc) is 2.62. The van der Waals surface area contributed by atoms with Gasteiger partial charge in [0, 0.05) is 30.9 Å². The van der Waals surface area contributed by atoms with E-state index in [4.69, 9.17) is 4.74 Å². The van der Waals surface area contributed by atoms with Crippen molar-refractivity contribution in [1.82, 2.24) is 5.32 Å². The quantitative estimate of drug-likeness (QED) is 0.907. The highest BCUT2D eigenvalue weighted by Crippen LogP contribution is 2.34. The van der Waals surface area contributed by atoms with E-state index in [1.54, 1.807) is 0 Å². The summed E-state index contributed by atoms with van der Waals surface area (Å²) in [4.78, 5) is 12.2. The molecule has 2 aromatic rings. The monoisotopic (exact) mass is 310 g/mol. The van der Waals surface area contributed by atoms with E-state index in [0.29, 0.717) is 6.54 Å². The number of ether oxygens (including phenoxy) is 1. The SMILES string of the molecule is O=C(NCC1(c2ccccc2)CCOCC1)Nc1ccccc1. The molecule has 0 unspecified atom stereocenters. The summed E-state index contributed by atoms with van der Waals surface area (Å²) in [5.74, 6) is 0. The van der Waals surface area contributed by atoms with E-state index in [9.17, 15) is 4.79 Å². The van der Waals surface area contributed by atoms with Crippen molar-refractivity contribution in [2.75, 3.05) is 25.1 Å². The van der Waals surface area contributed by atoms with Crippen LogP contribution in [0.2, 0.25) is 0 Å². The zero-order valence-electron chi connectivity index (χ0n) is 13.1. The molecular weight excluding hydrogens is 288 g/mol. The van der Waals surface area contributed by atoms with Crippen LogP contribution in [0.5, 0.6) is 0 Å². The van der Waals surface area contributed by atoms with Gasteiger partial charge in [-0.25, -0.2) is 4.79 Å². The molecule has 23 heavy (non-hydrogen) atoms. The Hall–Kier alpha value is -2.33. The van der Waals surface area contributed by atoms with E-state index < -0.39 is 0 Å². The summed E-state index contributed by atoms with van der Waals surface area (Å²) in [5.41, 5.74) is 2.02. The second-order valence-corrected chi connectivity index (χ2v) is 5.93. The van der Waals surface area contributed by atoms with Crippen LogP contribution in [0.15, 0.2) is 60.7 Å². The van der Waals surface area contributed by atoms with Crippen molar-refractivity contribution in [3.05, 3.63) is 66.2 Å². The molecule has 2 aromatic carbocycles. The second-order valence-electron chi connectivity index (χ2n) is 5.93. The lowest BCUT2D eigenvalue weighted by Gasteiger charge is -2.38. The predicted octanol–water partition coefficient (Wildman–Crippen LogP) is 3.56. The van der Waals surface area contributed by atoms with Crippen LogP contribution < -0.4 is 10.6 Å². The van der Waals surface area contributed by atoms with Crippen molar-refractivity contribution in [3.63, 3.8) is 0 Å². The Balaban J connectivity index is 1.66. The van der Waals surface area contributed by atoms with E-state index in [1.807, 2.05) is 36.4 Å². The fourth-order valence-corrected chi connectivity index (χ4v) is 3.07. The molecule has 1 saturated heterocycles. The van der Waals surface area contributed by atoms with Gasteiger partial charge in [0.1, 0.15) is 0 Å². The van der Waals surface area contributed by atoms with Gasteiger partial charge in [0.25, 0.3) is 0 Å².